The van der Waals surface area contributed by atoms with E-state index < -0.39 is 0 Å². The van der Waals surface area contributed by atoms with Crippen molar-refractivity contribution in [1.29, 1.82) is 0 Å². The second-order valence-corrected chi connectivity index (χ2v) is 5.71. The van der Waals surface area contributed by atoms with Gasteiger partial charge >= 0.3 is 0 Å². The van der Waals surface area contributed by atoms with E-state index in [1.165, 1.54) is 45.2 Å². The molecule has 0 N–H and O–H groups in total. The van der Waals surface area contributed by atoms with Crippen LogP contribution in [-0.2, 0) is 4.79 Å². The maximum atomic E-state index is 12.4. The number of amides is 1. The normalized spacial score (nSPS) is 20.5. The number of unbranched alkanes of at least 4 members (excludes halogenated alkanes) is 3. The van der Waals surface area contributed by atoms with Crippen LogP contribution in [0.4, 0.5) is 0 Å². The van der Waals surface area contributed by atoms with Crippen molar-refractivity contribution in [2.45, 2.75) is 59.3 Å². The molecular formula is C16H32N2O. The molecule has 0 bridgehead atoms. The quantitative estimate of drug-likeness (QED) is 0.631. The van der Waals surface area contributed by atoms with E-state index in [1.54, 1.807) is 0 Å². The van der Waals surface area contributed by atoms with Crippen LogP contribution in [0.5, 0.6) is 0 Å². The summed E-state index contributed by atoms with van der Waals surface area (Å²) in [5.41, 5.74) is 0. The molecule has 0 aromatic rings. The lowest BCUT2D eigenvalue weighted by Gasteiger charge is -2.34. The summed E-state index contributed by atoms with van der Waals surface area (Å²) in [6.07, 6.45) is 7.53. The summed E-state index contributed by atoms with van der Waals surface area (Å²) < 4.78 is 0. The van der Waals surface area contributed by atoms with Gasteiger partial charge in [-0.15, -0.1) is 0 Å². The molecule has 1 aliphatic heterocycles. The zero-order valence-corrected chi connectivity index (χ0v) is 13.2. The van der Waals surface area contributed by atoms with Gasteiger partial charge in [-0.3, -0.25) is 4.79 Å². The van der Waals surface area contributed by atoms with Gasteiger partial charge in [0.25, 0.3) is 0 Å². The molecule has 1 aliphatic rings. The smallest absolute Gasteiger partial charge is 0.226 e. The van der Waals surface area contributed by atoms with Crippen molar-refractivity contribution in [2.75, 3.05) is 32.7 Å². The van der Waals surface area contributed by atoms with Crippen molar-refractivity contribution in [3.63, 3.8) is 0 Å². The number of hydrogen-bond donors (Lipinski definition) is 0. The Labute approximate surface area is 119 Å². The largest absolute Gasteiger partial charge is 0.343 e. The Morgan fingerprint density at radius 3 is 2.53 bits per heavy atom. The highest BCUT2D eigenvalue weighted by molar-refractivity contribution is 5.79. The summed E-state index contributed by atoms with van der Waals surface area (Å²) in [4.78, 5) is 16.9. The fourth-order valence-corrected chi connectivity index (χ4v) is 3.02. The first kappa shape index (κ1) is 16.5. The van der Waals surface area contributed by atoms with Crippen molar-refractivity contribution in [3.8, 4) is 0 Å². The van der Waals surface area contributed by atoms with Gasteiger partial charge in [0.2, 0.25) is 5.91 Å². The number of piperidine rings is 1. The van der Waals surface area contributed by atoms with Gasteiger partial charge in [0.1, 0.15) is 0 Å². The lowest BCUT2D eigenvalue weighted by molar-refractivity contribution is -0.137. The van der Waals surface area contributed by atoms with Crippen LogP contribution in [0, 0.1) is 5.92 Å². The highest BCUT2D eigenvalue weighted by Crippen LogP contribution is 2.19. The Balaban J connectivity index is 2.34. The Morgan fingerprint density at radius 2 is 1.89 bits per heavy atom. The lowest BCUT2D eigenvalue weighted by Crippen LogP contribution is -2.45. The number of hydrogen-bond acceptors (Lipinski definition) is 2. The summed E-state index contributed by atoms with van der Waals surface area (Å²) in [6, 6.07) is 0. The number of nitrogens with zero attached hydrogens (tertiary/aromatic N) is 2. The molecule has 1 saturated heterocycles. The molecule has 0 spiro atoms. The van der Waals surface area contributed by atoms with Crippen LogP contribution < -0.4 is 0 Å². The van der Waals surface area contributed by atoms with Crippen molar-refractivity contribution in [2.24, 2.45) is 5.92 Å². The summed E-state index contributed by atoms with van der Waals surface area (Å²) in [5, 5.41) is 0. The zero-order chi connectivity index (χ0) is 14.1. The molecular weight excluding hydrogens is 236 g/mol. The Kier molecular flexibility index (Phi) is 8.11. The minimum atomic E-state index is 0.250. The standard InChI is InChI=1S/C16H32N2O/c1-4-7-8-9-12-17-13-10-11-15(14-17)16(19)18(5-2)6-3/h15H,4-14H2,1-3H3. The molecule has 1 amide bonds. The first-order valence-electron chi connectivity index (χ1n) is 8.24. The maximum Gasteiger partial charge on any atom is 0.226 e. The molecule has 19 heavy (non-hydrogen) atoms. The van der Waals surface area contributed by atoms with Gasteiger partial charge in [-0.2, -0.15) is 0 Å². The molecule has 112 valence electrons. The minimum absolute atomic E-state index is 0.250. The first-order chi connectivity index (χ1) is 9.22. The molecule has 0 aromatic carbocycles. The lowest BCUT2D eigenvalue weighted by atomic mass is 9.96. The monoisotopic (exact) mass is 268 g/mol. The second kappa shape index (κ2) is 9.35. The fraction of sp³-hybridized carbons (Fsp3) is 0.938. The zero-order valence-electron chi connectivity index (χ0n) is 13.2. The average Bonchev–Trinajstić information content (AvgIpc) is 2.45. The first-order valence-corrected chi connectivity index (χ1v) is 8.24. The third-order valence-corrected chi connectivity index (χ3v) is 4.26. The van der Waals surface area contributed by atoms with Gasteiger partial charge in [-0.25, -0.2) is 0 Å². The highest BCUT2D eigenvalue weighted by atomic mass is 16.2. The van der Waals surface area contributed by atoms with Crippen molar-refractivity contribution >= 4 is 5.91 Å². The molecule has 1 fully saturated rings. The molecule has 3 nitrogen and oxygen atoms in total. The summed E-state index contributed by atoms with van der Waals surface area (Å²) in [5.74, 6) is 0.628. The molecule has 1 unspecified atom stereocenters. The number of carbonyl (C=O) groups is 1. The van der Waals surface area contributed by atoms with Gasteiger partial charge in [0, 0.05) is 19.6 Å². The van der Waals surface area contributed by atoms with Crippen LogP contribution in [0.2, 0.25) is 0 Å². The van der Waals surface area contributed by atoms with Crippen molar-refractivity contribution in [1.82, 2.24) is 9.80 Å². The van der Waals surface area contributed by atoms with Crippen molar-refractivity contribution in [3.05, 3.63) is 0 Å². The molecule has 0 radical (unpaired) electrons. The van der Waals surface area contributed by atoms with Crippen LogP contribution >= 0.6 is 0 Å². The molecule has 0 aliphatic carbocycles. The van der Waals surface area contributed by atoms with Gasteiger partial charge in [0.05, 0.1) is 5.92 Å². The van der Waals surface area contributed by atoms with E-state index in [9.17, 15) is 4.79 Å². The van der Waals surface area contributed by atoms with Gasteiger partial charge in [-0.05, 0) is 46.2 Å². The SMILES string of the molecule is CCCCCCN1CCCC(C(=O)N(CC)CC)C1. The van der Waals surface area contributed by atoms with Gasteiger partial charge in [-0.1, -0.05) is 26.2 Å². The molecule has 1 atom stereocenters. The van der Waals surface area contributed by atoms with Crippen LogP contribution in [0.15, 0.2) is 0 Å². The Bertz CT molecular complexity index is 251. The maximum absolute atomic E-state index is 12.4. The summed E-state index contributed by atoms with van der Waals surface area (Å²) in [6.45, 7) is 11.5. The van der Waals surface area contributed by atoms with Gasteiger partial charge < -0.3 is 9.80 Å². The summed E-state index contributed by atoms with van der Waals surface area (Å²) in [7, 11) is 0. The average molecular weight is 268 g/mol. The third-order valence-electron chi connectivity index (χ3n) is 4.26. The topological polar surface area (TPSA) is 23.6 Å². The predicted molar refractivity (Wildman–Crippen MR) is 81.2 cm³/mol. The minimum Gasteiger partial charge on any atom is -0.343 e. The molecule has 1 rings (SSSR count). The van der Waals surface area contributed by atoms with E-state index >= 15 is 0 Å². The van der Waals surface area contributed by atoms with Crippen LogP contribution in [0.1, 0.15) is 59.3 Å². The molecule has 1 heterocycles. The van der Waals surface area contributed by atoms with E-state index in [4.69, 9.17) is 0 Å². The summed E-state index contributed by atoms with van der Waals surface area (Å²) >= 11 is 0. The number of rotatable bonds is 8. The highest BCUT2D eigenvalue weighted by Gasteiger charge is 2.27. The van der Waals surface area contributed by atoms with Crippen LogP contribution in [0.25, 0.3) is 0 Å². The van der Waals surface area contributed by atoms with Gasteiger partial charge in [0.15, 0.2) is 0 Å². The van der Waals surface area contributed by atoms with E-state index in [2.05, 4.69) is 25.7 Å². The van der Waals surface area contributed by atoms with E-state index in [-0.39, 0.29) is 5.92 Å². The fourth-order valence-electron chi connectivity index (χ4n) is 3.02. The second-order valence-electron chi connectivity index (χ2n) is 5.71. The predicted octanol–water partition coefficient (Wildman–Crippen LogP) is 3.15. The Hall–Kier alpha value is -0.570. The van der Waals surface area contributed by atoms with E-state index in [1.807, 2.05) is 4.90 Å². The number of likely N-dealkylation sites (tertiary alicyclic amines) is 1. The van der Waals surface area contributed by atoms with E-state index in [0.29, 0.717) is 5.91 Å². The number of carbonyl (C=O) groups excluding carboxylic acids is 1. The van der Waals surface area contributed by atoms with Crippen LogP contribution in [0.3, 0.4) is 0 Å². The molecule has 0 saturated carbocycles. The van der Waals surface area contributed by atoms with E-state index in [0.717, 1.165) is 26.1 Å². The van der Waals surface area contributed by atoms with Crippen molar-refractivity contribution < 1.29 is 4.79 Å². The molecule has 3 heteroatoms. The third kappa shape index (κ3) is 5.52. The Morgan fingerprint density at radius 1 is 1.16 bits per heavy atom. The molecule has 0 aromatic heterocycles. The van der Waals surface area contributed by atoms with Crippen LogP contribution in [-0.4, -0.2) is 48.4 Å².